The Morgan fingerprint density at radius 1 is 1.00 bits per heavy atom. The van der Waals surface area contributed by atoms with Gasteiger partial charge in [-0.15, -0.1) is 0 Å². The van der Waals surface area contributed by atoms with Crippen LogP contribution >= 0.6 is 0 Å². The molecule has 0 saturated carbocycles. The van der Waals surface area contributed by atoms with E-state index in [1.54, 1.807) is 4.90 Å². The molecule has 0 saturated heterocycles. The van der Waals surface area contributed by atoms with Gasteiger partial charge >= 0.3 is 0 Å². The number of aromatic nitrogens is 1. The third kappa shape index (κ3) is 6.07. The molecule has 1 aliphatic rings. The minimum atomic E-state index is -0.142. The van der Waals surface area contributed by atoms with E-state index in [0.717, 1.165) is 24.2 Å². The summed E-state index contributed by atoms with van der Waals surface area (Å²) < 4.78 is 2.24. The van der Waals surface area contributed by atoms with Crippen LogP contribution in [0.1, 0.15) is 84.2 Å². The first-order chi connectivity index (χ1) is 15.4. The van der Waals surface area contributed by atoms with Crippen LogP contribution in [-0.4, -0.2) is 45.8 Å². The van der Waals surface area contributed by atoms with Gasteiger partial charge in [0.05, 0.1) is 12.6 Å². The molecule has 5 nitrogen and oxygen atoms in total. The molecular formula is C28H41N3O2. The van der Waals surface area contributed by atoms with Gasteiger partial charge in [-0.3, -0.25) is 9.59 Å². The Morgan fingerprint density at radius 2 is 1.67 bits per heavy atom. The number of carbonyl (C=O) groups excluding carboxylic acids is 2. The highest BCUT2D eigenvalue weighted by Gasteiger charge is 2.34. The lowest BCUT2D eigenvalue weighted by Gasteiger charge is -2.39. The Morgan fingerprint density at radius 3 is 2.24 bits per heavy atom. The van der Waals surface area contributed by atoms with Crippen LogP contribution in [-0.2, 0) is 21.5 Å². The first-order valence-corrected chi connectivity index (χ1v) is 12.2. The molecule has 0 spiro atoms. The Bertz CT molecular complexity index is 960. The molecule has 0 fully saturated rings. The van der Waals surface area contributed by atoms with Crippen LogP contribution in [0.25, 0.3) is 0 Å². The average molecular weight is 452 g/mol. The maximum Gasteiger partial charge on any atom is 0.243 e. The molecule has 2 aromatic rings. The van der Waals surface area contributed by atoms with Gasteiger partial charge in [0.15, 0.2) is 0 Å². The summed E-state index contributed by atoms with van der Waals surface area (Å²) in [5.74, 6) is 0.0761. The molecule has 1 aromatic carbocycles. The summed E-state index contributed by atoms with van der Waals surface area (Å²) in [4.78, 5) is 30.3. The van der Waals surface area contributed by atoms with Gasteiger partial charge < -0.3 is 14.4 Å². The van der Waals surface area contributed by atoms with Crippen molar-refractivity contribution in [2.45, 2.75) is 79.3 Å². The number of rotatable bonds is 6. The van der Waals surface area contributed by atoms with E-state index in [1.807, 2.05) is 4.90 Å². The molecule has 5 heteroatoms. The molecule has 2 amide bonds. The van der Waals surface area contributed by atoms with Crippen LogP contribution in [0.5, 0.6) is 0 Å². The van der Waals surface area contributed by atoms with E-state index < -0.39 is 0 Å². The van der Waals surface area contributed by atoms with Crippen molar-refractivity contribution in [3.8, 4) is 0 Å². The molecule has 0 radical (unpaired) electrons. The minimum Gasteiger partial charge on any atom is -0.348 e. The first kappa shape index (κ1) is 25.1. The predicted octanol–water partition coefficient (Wildman–Crippen LogP) is 5.39. The van der Waals surface area contributed by atoms with Gasteiger partial charge in [0, 0.05) is 37.9 Å². The molecule has 0 aliphatic carbocycles. The predicted molar refractivity (Wildman–Crippen MR) is 134 cm³/mol. The van der Waals surface area contributed by atoms with E-state index in [4.69, 9.17) is 0 Å². The molecule has 1 aromatic heterocycles. The van der Waals surface area contributed by atoms with Crippen molar-refractivity contribution in [2.24, 2.45) is 5.41 Å². The fourth-order valence-electron chi connectivity index (χ4n) is 4.55. The Balaban J connectivity index is 1.88. The normalized spacial score (nSPS) is 16.5. The van der Waals surface area contributed by atoms with Gasteiger partial charge in [-0.1, -0.05) is 72.7 Å². The van der Waals surface area contributed by atoms with Crippen LogP contribution in [0, 0.1) is 5.41 Å². The fraction of sp³-hybridized carbons (Fsp3) is 0.571. The largest absolute Gasteiger partial charge is 0.348 e. The molecule has 2 heterocycles. The summed E-state index contributed by atoms with van der Waals surface area (Å²) in [6, 6.07) is 12.7. The quantitative estimate of drug-likeness (QED) is 0.591. The summed E-state index contributed by atoms with van der Waals surface area (Å²) in [5, 5.41) is 0. The lowest BCUT2D eigenvalue weighted by molar-refractivity contribution is -0.143. The van der Waals surface area contributed by atoms with E-state index in [2.05, 4.69) is 95.6 Å². The number of amides is 2. The van der Waals surface area contributed by atoms with Crippen molar-refractivity contribution in [3.05, 3.63) is 59.4 Å². The Hall–Kier alpha value is -2.56. The highest BCUT2D eigenvalue weighted by atomic mass is 16.2. The molecule has 0 bridgehead atoms. The second-order valence-corrected chi connectivity index (χ2v) is 11.5. The lowest BCUT2D eigenvalue weighted by atomic mass is 9.86. The highest BCUT2D eigenvalue weighted by Crippen LogP contribution is 2.34. The molecule has 1 atom stereocenters. The number of hydrogen-bond donors (Lipinski definition) is 0. The maximum atomic E-state index is 13.6. The topological polar surface area (TPSA) is 45.6 Å². The van der Waals surface area contributed by atoms with Crippen molar-refractivity contribution in [3.63, 3.8) is 0 Å². The standard InChI is InChI=1S/C28H41N3O2/c1-8-15-30(24(32)19-27(2,3)4)20-25(33)31-18-17-29-16-9-10-23(29)26(31)21-11-13-22(14-12-21)28(5,6)7/h9-14,16,26H,8,15,17-20H2,1-7H3. The average Bonchev–Trinajstić information content (AvgIpc) is 3.19. The van der Waals surface area contributed by atoms with E-state index in [0.29, 0.717) is 19.5 Å². The molecule has 1 aliphatic heterocycles. The first-order valence-electron chi connectivity index (χ1n) is 12.2. The number of benzene rings is 1. The molecule has 0 N–H and O–H groups in total. The van der Waals surface area contributed by atoms with E-state index >= 15 is 0 Å². The number of carbonyl (C=O) groups is 2. The zero-order valence-corrected chi connectivity index (χ0v) is 21.5. The Labute approximate surface area is 199 Å². The Kier molecular flexibility index (Phi) is 7.40. The van der Waals surface area contributed by atoms with Gasteiger partial charge in [0.1, 0.15) is 0 Å². The summed E-state index contributed by atoms with van der Waals surface area (Å²) in [5.41, 5.74) is 3.49. The van der Waals surface area contributed by atoms with Gasteiger partial charge in [-0.2, -0.15) is 0 Å². The molecule has 1 unspecified atom stereocenters. The summed E-state index contributed by atoms with van der Waals surface area (Å²) in [6.45, 7) is 17.0. The van der Waals surface area contributed by atoms with Gasteiger partial charge in [0.2, 0.25) is 11.8 Å². The summed E-state index contributed by atoms with van der Waals surface area (Å²) in [7, 11) is 0. The number of fused-ring (bicyclic) bond motifs is 1. The summed E-state index contributed by atoms with van der Waals surface area (Å²) >= 11 is 0. The van der Waals surface area contributed by atoms with E-state index in [-0.39, 0.29) is 35.2 Å². The third-order valence-electron chi connectivity index (χ3n) is 6.30. The molecule has 180 valence electrons. The number of hydrogen-bond acceptors (Lipinski definition) is 2. The third-order valence-corrected chi connectivity index (χ3v) is 6.30. The zero-order chi connectivity index (χ0) is 24.4. The van der Waals surface area contributed by atoms with Crippen molar-refractivity contribution in [2.75, 3.05) is 19.6 Å². The lowest BCUT2D eigenvalue weighted by Crippen LogP contribution is -2.48. The summed E-state index contributed by atoms with van der Waals surface area (Å²) in [6.07, 6.45) is 3.37. The zero-order valence-electron chi connectivity index (χ0n) is 21.5. The molecule has 33 heavy (non-hydrogen) atoms. The van der Waals surface area contributed by atoms with Crippen LogP contribution in [0.4, 0.5) is 0 Å². The smallest absolute Gasteiger partial charge is 0.243 e. The van der Waals surface area contributed by atoms with Gasteiger partial charge in [0.25, 0.3) is 0 Å². The van der Waals surface area contributed by atoms with Crippen LogP contribution in [0.3, 0.4) is 0 Å². The van der Waals surface area contributed by atoms with E-state index in [1.165, 1.54) is 5.56 Å². The SMILES string of the molecule is CCCN(CC(=O)N1CCn2cccc2C1c1ccc(C(C)(C)C)cc1)C(=O)CC(C)(C)C. The van der Waals surface area contributed by atoms with Crippen molar-refractivity contribution < 1.29 is 9.59 Å². The van der Waals surface area contributed by atoms with E-state index in [9.17, 15) is 9.59 Å². The fourth-order valence-corrected chi connectivity index (χ4v) is 4.55. The van der Waals surface area contributed by atoms with Crippen LogP contribution < -0.4 is 0 Å². The molecule has 3 rings (SSSR count). The van der Waals surface area contributed by atoms with Gasteiger partial charge in [-0.05, 0) is 40.5 Å². The monoisotopic (exact) mass is 451 g/mol. The minimum absolute atomic E-state index is 0.0167. The van der Waals surface area contributed by atoms with Crippen LogP contribution in [0.15, 0.2) is 42.6 Å². The van der Waals surface area contributed by atoms with Crippen molar-refractivity contribution in [1.29, 1.82) is 0 Å². The highest BCUT2D eigenvalue weighted by molar-refractivity contribution is 5.85. The van der Waals surface area contributed by atoms with Crippen LogP contribution in [0.2, 0.25) is 0 Å². The molecular weight excluding hydrogens is 410 g/mol. The van der Waals surface area contributed by atoms with Gasteiger partial charge in [-0.25, -0.2) is 0 Å². The van der Waals surface area contributed by atoms with Crippen molar-refractivity contribution in [1.82, 2.24) is 14.4 Å². The maximum absolute atomic E-state index is 13.6. The second kappa shape index (κ2) is 9.74. The second-order valence-electron chi connectivity index (χ2n) is 11.5. The number of nitrogens with zero attached hydrogens (tertiary/aromatic N) is 3. The van der Waals surface area contributed by atoms with Crippen molar-refractivity contribution >= 4 is 11.8 Å².